The Balaban J connectivity index is 2.44. The van der Waals surface area contributed by atoms with Gasteiger partial charge < -0.3 is 4.74 Å². The number of hydrogen-bond acceptors (Lipinski definition) is 4. The summed E-state index contributed by atoms with van der Waals surface area (Å²) >= 11 is 5.94. The number of ether oxygens (including phenoxy) is 1. The first-order valence-corrected chi connectivity index (χ1v) is 6.08. The fourth-order valence-corrected chi connectivity index (χ4v) is 1.79. The fraction of sp³-hybridized carbons (Fsp3) is 0.0714. The van der Waals surface area contributed by atoms with Gasteiger partial charge in [-0.25, -0.2) is 0 Å². The van der Waals surface area contributed by atoms with Gasteiger partial charge in [-0.15, -0.1) is 0 Å². The average molecular weight is 292 g/mol. The van der Waals surface area contributed by atoms with Crippen LogP contribution >= 0.6 is 11.6 Å². The van der Waals surface area contributed by atoms with Crippen LogP contribution in [0.1, 0.15) is 17.3 Å². The highest BCUT2D eigenvalue weighted by molar-refractivity contribution is 6.32. The standard InChI is InChI=1S/C14H10ClNO4/c1-9(17)10-6-7-14(12(8-10)16(18)19)20-13-5-3-2-4-11(13)15/h2-8H,1H3. The molecule has 0 saturated heterocycles. The van der Waals surface area contributed by atoms with Crippen molar-refractivity contribution in [3.63, 3.8) is 0 Å². The summed E-state index contributed by atoms with van der Waals surface area (Å²) in [5.74, 6) is 0.0957. The second-order valence-corrected chi connectivity index (χ2v) is 4.44. The van der Waals surface area contributed by atoms with Crippen molar-refractivity contribution >= 4 is 23.1 Å². The number of halogens is 1. The molecule has 20 heavy (non-hydrogen) atoms. The van der Waals surface area contributed by atoms with Crippen molar-refractivity contribution < 1.29 is 14.5 Å². The highest BCUT2D eigenvalue weighted by Crippen LogP contribution is 2.35. The number of nitro benzene ring substituents is 1. The van der Waals surface area contributed by atoms with Gasteiger partial charge in [0.05, 0.1) is 9.95 Å². The number of carbonyl (C=O) groups is 1. The second kappa shape index (κ2) is 5.71. The van der Waals surface area contributed by atoms with Crippen molar-refractivity contribution in [2.75, 3.05) is 0 Å². The quantitative estimate of drug-likeness (QED) is 0.480. The van der Waals surface area contributed by atoms with Gasteiger partial charge in [-0.2, -0.15) is 0 Å². The van der Waals surface area contributed by atoms with E-state index in [9.17, 15) is 14.9 Å². The average Bonchev–Trinajstić information content (AvgIpc) is 2.41. The molecule has 0 atom stereocenters. The molecule has 0 fully saturated rings. The number of hydrogen-bond donors (Lipinski definition) is 0. The minimum absolute atomic E-state index is 0.0353. The van der Waals surface area contributed by atoms with Gasteiger partial charge in [-0.3, -0.25) is 14.9 Å². The Morgan fingerprint density at radius 2 is 1.90 bits per heavy atom. The zero-order chi connectivity index (χ0) is 14.7. The van der Waals surface area contributed by atoms with Crippen molar-refractivity contribution in [2.24, 2.45) is 0 Å². The van der Waals surface area contributed by atoms with Crippen molar-refractivity contribution in [3.8, 4) is 11.5 Å². The van der Waals surface area contributed by atoms with Crippen LogP contribution in [0, 0.1) is 10.1 Å². The van der Waals surface area contributed by atoms with Crippen LogP contribution in [0.25, 0.3) is 0 Å². The molecule has 0 amide bonds. The summed E-state index contributed by atoms with van der Waals surface area (Å²) in [6, 6.07) is 10.7. The fourth-order valence-electron chi connectivity index (χ4n) is 1.61. The van der Waals surface area contributed by atoms with Crippen LogP contribution in [0.15, 0.2) is 42.5 Å². The molecule has 6 heteroatoms. The number of rotatable bonds is 4. The highest BCUT2D eigenvalue weighted by Gasteiger charge is 2.18. The van der Waals surface area contributed by atoms with Crippen molar-refractivity contribution in [3.05, 3.63) is 63.2 Å². The molecule has 0 saturated carbocycles. The number of carbonyl (C=O) groups excluding carboxylic acids is 1. The molecule has 0 aliphatic rings. The first-order chi connectivity index (χ1) is 9.49. The lowest BCUT2D eigenvalue weighted by Crippen LogP contribution is -1.98. The third-order valence-corrected chi connectivity index (χ3v) is 2.93. The molecule has 0 radical (unpaired) electrons. The molecule has 102 valence electrons. The largest absolute Gasteiger partial charge is 0.449 e. The molecule has 0 bridgehead atoms. The van der Waals surface area contributed by atoms with Crippen LogP contribution in [0.5, 0.6) is 11.5 Å². The van der Waals surface area contributed by atoms with E-state index in [1.807, 2.05) is 0 Å². The lowest BCUT2D eigenvalue weighted by atomic mass is 10.1. The Kier molecular flexibility index (Phi) is 4.00. The van der Waals surface area contributed by atoms with E-state index in [0.29, 0.717) is 10.8 Å². The van der Waals surface area contributed by atoms with Gasteiger partial charge in [0, 0.05) is 11.6 Å². The minimum atomic E-state index is -0.599. The number of benzene rings is 2. The summed E-state index contributed by atoms with van der Waals surface area (Å²) in [4.78, 5) is 21.7. The summed E-state index contributed by atoms with van der Waals surface area (Å²) in [6.07, 6.45) is 0. The zero-order valence-electron chi connectivity index (χ0n) is 10.5. The van der Waals surface area contributed by atoms with E-state index in [2.05, 4.69) is 0 Å². The molecule has 2 aromatic rings. The summed E-state index contributed by atoms with van der Waals surface area (Å²) in [5.41, 5.74) is -0.0270. The molecule has 0 aliphatic carbocycles. The molecule has 0 N–H and O–H groups in total. The smallest absolute Gasteiger partial charge is 0.312 e. The predicted molar refractivity (Wildman–Crippen MR) is 74.6 cm³/mol. The third kappa shape index (κ3) is 2.95. The summed E-state index contributed by atoms with van der Waals surface area (Å²) in [5, 5.41) is 11.4. The van der Waals surface area contributed by atoms with E-state index in [1.54, 1.807) is 24.3 Å². The number of para-hydroxylation sites is 1. The lowest BCUT2D eigenvalue weighted by molar-refractivity contribution is -0.385. The topological polar surface area (TPSA) is 69.4 Å². The molecule has 0 spiro atoms. The number of nitro groups is 1. The van der Waals surface area contributed by atoms with Gasteiger partial charge in [-0.1, -0.05) is 23.7 Å². The lowest BCUT2D eigenvalue weighted by Gasteiger charge is -2.08. The number of nitrogens with zero attached hydrogens (tertiary/aromatic N) is 1. The summed E-state index contributed by atoms with van der Waals surface area (Å²) < 4.78 is 5.45. The molecule has 2 rings (SSSR count). The molecular formula is C14H10ClNO4. The summed E-state index contributed by atoms with van der Waals surface area (Å²) in [7, 11) is 0. The van der Waals surface area contributed by atoms with E-state index in [4.69, 9.17) is 16.3 Å². The van der Waals surface area contributed by atoms with E-state index in [-0.39, 0.29) is 22.8 Å². The molecular weight excluding hydrogens is 282 g/mol. The number of ketones is 1. The van der Waals surface area contributed by atoms with Crippen LogP contribution in [-0.4, -0.2) is 10.7 Å². The van der Waals surface area contributed by atoms with Crippen LogP contribution < -0.4 is 4.74 Å². The maximum absolute atomic E-state index is 11.3. The first kappa shape index (κ1) is 14.0. The maximum atomic E-state index is 11.3. The van der Waals surface area contributed by atoms with Crippen LogP contribution in [0.2, 0.25) is 5.02 Å². The van der Waals surface area contributed by atoms with Gasteiger partial charge in [0.2, 0.25) is 5.75 Å². The molecule has 2 aromatic carbocycles. The summed E-state index contributed by atoms with van der Waals surface area (Å²) in [6.45, 7) is 1.34. The zero-order valence-corrected chi connectivity index (χ0v) is 11.3. The van der Waals surface area contributed by atoms with Crippen molar-refractivity contribution in [2.45, 2.75) is 6.92 Å². The maximum Gasteiger partial charge on any atom is 0.312 e. The van der Waals surface area contributed by atoms with Gasteiger partial charge in [0.15, 0.2) is 5.78 Å². The first-order valence-electron chi connectivity index (χ1n) is 5.71. The second-order valence-electron chi connectivity index (χ2n) is 4.03. The number of Topliss-reactive ketones (excluding diaryl/α,β-unsaturated/α-hetero) is 1. The van der Waals surface area contributed by atoms with E-state index in [1.165, 1.54) is 25.1 Å². The Hall–Kier alpha value is -2.40. The SMILES string of the molecule is CC(=O)c1ccc(Oc2ccccc2Cl)c([N+](=O)[O-])c1. The van der Waals surface area contributed by atoms with Crippen molar-refractivity contribution in [1.29, 1.82) is 0 Å². The van der Waals surface area contributed by atoms with Gasteiger partial charge in [0.1, 0.15) is 5.75 Å². The Morgan fingerprint density at radius 3 is 2.50 bits per heavy atom. The van der Waals surface area contributed by atoms with E-state index >= 15 is 0 Å². The normalized spacial score (nSPS) is 10.1. The Morgan fingerprint density at radius 1 is 1.20 bits per heavy atom. The third-order valence-electron chi connectivity index (χ3n) is 2.62. The molecule has 5 nitrogen and oxygen atoms in total. The van der Waals surface area contributed by atoms with Gasteiger partial charge in [0.25, 0.3) is 0 Å². The predicted octanol–water partition coefficient (Wildman–Crippen LogP) is 4.24. The van der Waals surface area contributed by atoms with E-state index < -0.39 is 4.92 Å². The van der Waals surface area contributed by atoms with Crippen LogP contribution in [0.3, 0.4) is 0 Å². The monoisotopic (exact) mass is 291 g/mol. The van der Waals surface area contributed by atoms with Gasteiger partial charge >= 0.3 is 5.69 Å². The minimum Gasteiger partial charge on any atom is -0.449 e. The van der Waals surface area contributed by atoms with E-state index in [0.717, 1.165) is 0 Å². The molecule has 0 aromatic heterocycles. The van der Waals surface area contributed by atoms with Crippen LogP contribution in [-0.2, 0) is 0 Å². The van der Waals surface area contributed by atoms with Gasteiger partial charge in [-0.05, 0) is 31.2 Å². The Bertz CT molecular complexity index is 685. The molecule has 0 aliphatic heterocycles. The molecule has 0 unspecified atom stereocenters. The highest BCUT2D eigenvalue weighted by atomic mass is 35.5. The van der Waals surface area contributed by atoms with Crippen LogP contribution in [0.4, 0.5) is 5.69 Å². The molecule has 0 heterocycles. The van der Waals surface area contributed by atoms with Crippen molar-refractivity contribution in [1.82, 2.24) is 0 Å². The Labute approximate surface area is 119 Å².